The predicted octanol–water partition coefficient (Wildman–Crippen LogP) is 4.13. The number of nitrogens with zero attached hydrogens (tertiary/aromatic N) is 1. The number of rotatable bonds is 4. The van der Waals surface area contributed by atoms with Crippen LogP contribution in [-0.4, -0.2) is 37.0 Å². The van der Waals surface area contributed by atoms with Crippen molar-refractivity contribution in [1.82, 2.24) is 10.2 Å². The van der Waals surface area contributed by atoms with E-state index in [1.165, 1.54) is 44.9 Å². The number of carbonyl (C=O) groups excluding carboxylic acids is 1. The third kappa shape index (κ3) is 3.33. The van der Waals surface area contributed by atoms with Crippen molar-refractivity contribution in [2.24, 2.45) is 17.3 Å². The van der Waals surface area contributed by atoms with Crippen molar-refractivity contribution in [1.29, 1.82) is 0 Å². The summed E-state index contributed by atoms with van der Waals surface area (Å²) in [7, 11) is 2.15. The maximum absolute atomic E-state index is 13.0. The normalized spacial score (nSPS) is 40.9. The summed E-state index contributed by atoms with van der Waals surface area (Å²) in [6.45, 7) is 2.12. The Morgan fingerprint density at radius 1 is 1.15 bits per heavy atom. The second kappa shape index (κ2) is 6.62. The summed E-state index contributed by atoms with van der Waals surface area (Å²) in [5.41, 5.74) is 2.11. The highest BCUT2D eigenvalue weighted by Crippen LogP contribution is 2.64. The van der Waals surface area contributed by atoms with Crippen molar-refractivity contribution in [3.8, 4) is 0 Å². The molecule has 5 fully saturated rings. The predicted molar refractivity (Wildman–Crippen MR) is 109 cm³/mol. The summed E-state index contributed by atoms with van der Waals surface area (Å²) in [4.78, 5) is 15.3. The van der Waals surface area contributed by atoms with Crippen molar-refractivity contribution >= 4 is 5.91 Å². The van der Waals surface area contributed by atoms with Gasteiger partial charge >= 0.3 is 0 Å². The summed E-state index contributed by atoms with van der Waals surface area (Å²) in [5, 5.41) is 3.38. The first kappa shape index (κ1) is 17.7. The summed E-state index contributed by atoms with van der Waals surface area (Å²) in [6, 6.07) is 11.6. The molecule has 4 unspecified atom stereocenters. The van der Waals surface area contributed by atoms with E-state index < -0.39 is 0 Å². The number of amides is 1. The second-order valence-electron chi connectivity index (χ2n) is 10.4. The molecule has 4 bridgehead atoms. The van der Waals surface area contributed by atoms with Crippen LogP contribution in [0.15, 0.2) is 30.3 Å². The molecule has 3 heteroatoms. The zero-order chi connectivity index (χ0) is 18.5. The molecule has 1 aliphatic heterocycles. The Morgan fingerprint density at radius 3 is 2.74 bits per heavy atom. The van der Waals surface area contributed by atoms with Crippen LogP contribution in [0.4, 0.5) is 0 Å². The standard InChI is InChI=1S/C24H34N2O/c1-26-10-8-21(16-26)25-22(27)15-23-9-7-18-11-19(12-23)14-24(13-18,17-23)20-5-3-2-4-6-20/h2-6,18-19,21H,7-17H2,1H3,(H,25,27)/t18?,19?,21-,23?,24?/m1/s1. The van der Waals surface area contributed by atoms with Gasteiger partial charge in [0.2, 0.25) is 5.91 Å². The van der Waals surface area contributed by atoms with Crippen LogP contribution >= 0.6 is 0 Å². The Bertz CT molecular complexity index is 704. The van der Waals surface area contributed by atoms with Crippen LogP contribution in [0.2, 0.25) is 0 Å². The highest BCUT2D eigenvalue weighted by atomic mass is 16.1. The molecule has 0 aromatic heterocycles. The van der Waals surface area contributed by atoms with E-state index in [9.17, 15) is 4.79 Å². The van der Waals surface area contributed by atoms with E-state index >= 15 is 0 Å². The van der Waals surface area contributed by atoms with Crippen LogP contribution in [0.3, 0.4) is 0 Å². The average Bonchev–Trinajstić information content (AvgIpc) is 2.94. The fourth-order valence-electron chi connectivity index (χ4n) is 7.47. The van der Waals surface area contributed by atoms with Crippen molar-refractivity contribution < 1.29 is 4.79 Å². The van der Waals surface area contributed by atoms with Crippen molar-refractivity contribution in [3.63, 3.8) is 0 Å². The number of likely N-dealkylation sites (tertiary alicyclic amines) is 1. The van der Waals surface area contributed by atoms with Crippen LogP contribution < -0.4 is 5.32 Å². The molecule has 146 valence electrons. The van der Waals surface area contributed by atoms with Gasteiger partial charge in [-0.3, -0.25) is 4.79 Å². The summed E-state index contributed by atoms with van der Waals surface area (Å²) < 4.78 is 0. The van der Waals surface area contributed by atoms with Gasteiger partial charge in [0.15, 0.2) is 0 Å². The van der Waals surface area contributed by atoms with Gasteiger partial charge in [-0.05, 0) is 93.2 Å². The average molecular weight is 367 g/mol. The molecule has 1 amide bonds. The van der Waals surface area contributed by atoms with Crippen molar-refractivity contribution in [2.75, 3.05) is 20.1 Å². The third-order valence-electron chi connectivity index (χ3n) is 8.22. The molecule has 1 aromatic carbocycles. The molecule has 27 heavy (non-hydrogen) atoms. The first-order chi connectivity index (χ1) is 13.0. The summed E-state index contributed by atoms with van der Waals surface area (Å²) in [5.74, 6) is 2.02. The first-order valence-electron chi connectivity index (χ1n) is 11.1. The van der Waals surface area contributed by atoms with Crippen LogP contribution in [0.5, 0.6) is 0 Å². The summed E-state index contributed by atoms with van der Waals surface area (Å²) in [6.07, 6.45) is 11.1. The maximum atomic E-state index is 13.0. The molecule has 5 atom stereocenters. The van der Waals surface area contributed by atoms with Gasteiger partial charge in [-0.25, -0.2) is 0 Å². The van der Waals surface area contributed by atoms with E-state index in [1.807, 2.05) is 0 Å². The van der Waals surface area contributed by atoms with Crippen LogP contribution in [0.25, 0.3) is 0 Å². The molecular weight excluding hydrogens is 332 g/mol. The molecule has 0 spiro atoms. The van der Waals surface area contributed by atoms with E-state index in [1.54, 1.807) is 5.56 Å². The molecule has 4 aliphatic carbocycles. The molecule has 1 aromatic rings. The lowest BCUT2D eigenvalue weighted by molar-refractivity contribution is -0.125. The number of carbonyl (C=O) groups is 1. The molecule has 1 saturated heterocycles. The number of fused-ring (bicyclic) bond motifs is 1. The monoisotopic (exact) mass is 366 g/mol. The number of nitrogens with one attached hydrogen (secondary N) is 1. The molecular formula is C24H34N2O. The van der Waals surface area contributed by atoms with E-state index in [-0.39, 0.29) is 5.41 Å². The minimum absolute atomic E-state index is 0.235. The molecule has 1 heterocycles. The fourth-order valence-corrected chi connectivity index (χ4v) is 7.47. The highest BCUT2D eigenvalue weighted by Gasteiger charge is 2.55. The van der Waals surface area contributed by atoms with Crippen LogP contribution in [0, 0.1) is 17.3 Å². The van der Waals surface area contributed by atoms with Gasteiger partial charge in [-0.2, -0.15) is 0 Å². The lowest BCUT2D eigenvalue weighted by Crippen LogP contribution is -2.47. The van der Waals surface area contributed by atoms with Crippen LogP contribution in [0.1, 0.15) is 63.4 Å². The largest absolute Gasteiger partial charge is 0.352 e. The topological polar surface area (TPSA) is 32.3 Å². The van der Waals surface area contributed by atoms with E-state index in [0.717, 1.165) is 37.8 Å². The Kier molecular flexibility index (Phi) is 4.34. The minimum atomic E-state index is 0.235. The van der Waals surface area contributed by atoms with Gasteiger partial charge in [0.1, 0.15) is 0 Å². The second-order valence-corrected chi connectivity index (χ2v) is 10.4. The molecule has 0 radical (unpaired) electrons. The van der Waals surface area contributed by atoms with Gasteiger partial charge in [-0.15, -0.1) is 0 Å². The Hall–Kier alpha value is -1.35. The quantitative estimate of drug-likeness (QED) is 0.869. The third-order valence-corrected chi connectivity index (χ3v) is 8.22. The van der Waals surface area contributed by atoms with Gasteiger partial charge in [0, 0.05) is 19.0 Å². The van der Waals surface area contributed by atoms with Crippen molar-refractivity contribution in [3.05, 3.63) is 35.9 Å². The number of likely N-dealkylation sites (N-methyl/N-ethyl adjacent to an activating group) is 1. The number of hydrogen-bond acceptors (Lipinski definition) is 2. The smallest absolute Gasteiger partial charge is 0.220 e. The fraction of sp³-hybridized carbons (Fsp3) is 0.708. The van der Waals surface area contributed by atoms with Crippen LogP contribution in [-0.2, 0) is 10.2 Å². The number of hydrogen-bond donors (Lipinski definition) is 1. The SMILES string of the molecule is CN1CC[C@@H](NC(=O)CC23CCC4CC(C2)CC(c2ccccc2)(C4)C3)C1. The van der Waals surface area contributed by atoms with E-state index in [4.69, 9.17) is 0 Å². The van der Waals surface area contributed by atoms with E-state index in [2.05, 4.69) is 47.6 Å². The molecule has 4 saturated carbocycles. The van der Waals surface area contributed by atoms with Gasteiger partial charge in [0.05, 0.1) is 0 Å². The Balaban J connectivity index is 1.38. The highest BCUT2D eigenvalue weighted by molar-refractivity contribution is 5.77. The molecule has 6 rings (SSSR count). The Morgan fingerprint density at radius 2 is 1.96 bits per heavy atom. The lowest BCUT2D eigenvalue weighted by atomic mass is 9.51. The molecule has 1 N–H and O–H groups in total. The zero-order valence-electron chi connectivity index (χ0n) is 16.8. The van der Waals surface area contributed by atoms with E-state index in [0.29, 0.717) is 17.4 Å². The van der Waals surface area contributed by atoms with Gasteiger partial charge in [0.25, 0.3) is 0 Å². The van der Waals surface area contributed by atoms with Crippen molar-refractivity contribution in [2.45, 2.75) is 69.2 Å². The molecule has 5 aliphatic rings. The minimum Gasteiger partial charge on any atom is -0.352 e. The summed E-state index contributed by atoms with van der Waals surface area (Å²) >= 11 is 0. The van der Waals surface area contributed by atoms with Gasteiger partial charge < -0.3 is 10.2 Å². The zero-order valence-corrected chi connectivity index (χ0v) is 16.8. The number of benzene rings is 1. The first-order valence-corrected chi connectivity index (χ1v) is 11.1. The van der Waals surface area contributed by atoms with Gasteiger partial charge in [-0.1, -0.05) is 30.3 Å². The lowest BCUT2D eigenvalue weighted by Gasteiger charge is -2.53. The Labute approximate surface area is 163 Å². The maximum Gasteiger partial charge on any atom is 0.220 e. The molecule has 3 nitrogen and oxygen atoms in total.